The van der Waals surface area contributed by atoms with E-state index in [4.69, 9.17) is 4.43 Å². The third-order valence-corrected chi connectivity index (χ3v) is 7.42. The molecule has 0 saturated carbocycles. The Bertz CT molecular complexity index is 145. The Kier molecular flexibility index (Phi) is 6.00. The molecule has 13 heavy (non-hydrogen) atoms. The highest BCUT2D eigenvalue weighted by Gasteiger charge is 2.30. The van der Waals surface area contributed by atoms with Crippen LogP contribution >= 0.6 is 0 Å². The molecule has 0 aromatic heterocycles. The van der Waals surface area contributed by atoms with Crippen LogP contribution in [0.4, 0.5) is 0 Å². The second-order valence-electron chi connectivity index (χ2n) is 3.30. The van der Waals surface area contributed by atoms with Gasteiger partial charge >= 0.3 is 0 Å². The van der Waals surface area contributed by atoms with Crippen molar-refractivity contribution in [3.05, 3.63) is 25.3 Å². The molecule has 0 N–H and O–H groups in total. The van der Waals surface area contributed by atoms with E-state index in [9.17, 15) is 0 Å². The summed E-state index contributed by atoms with van der Waals surface area (Å²) in [6.45, 7) is 14.2. The smallest absolute Gasteiger partial charge is 0.193 e. The van der Waals surface area contributed by atoms with Gasteiger partial charge in [-0.2, -0.15) is 0 Å². The molecule has 0 aromatic carbocycles. The molecular weight excluding hydrogens is 176 g/mol. The van der Waals surface area contributed by atoms with Crippen LogP contribution in [0.3, 0.4) is 0 Å². The van der Waals surface area contributed by atoms with E-state index >= 15 is 0 Å². The van der Waals surface area contributed by atoms with E-state index in [1.807, 2.05) is 12.2 Å². The van der Waals surface area contributed by atoms with E-state index in [1.165, 1.54) is 18.1 Å². The molecule has 0 radical (unpaired) electrons. The molecule has 0 unspecified atom stereocenters. The summed E-state index contributed by atoms with van der Waals surface area (Å²) in [6, 6.07) is 3.54. The monoisotopic (exact) mass is 198 g/mol. The first-order valence-electron chi connectivity index (χ1n) is 5.10. The molecule has 76 valence electrons. The zero-order chi connectivity index (χ0) is 10.3. The summed E-state index contributed by atoms with van der Waals surface area (Å²) in [5.41, 5.74) is 0. The average Bonchev–Trinajstić information content (AvgIpc) is 2.21. The highest BCUT2D eigenvalue weighted by atomic mass is 28.4. The standard InChI is InChI=1S/C11H22OSi/c1-6-11(7-2)12-13(8-3,9-4)10-5/h6-7,11H,1-2,8-10H2,3-5H3. The minimum Gasteiger partial charge on any atom is -0.407 e. The summed E-state index contributed by atoms with van der Waals surface area (Å²) >= 11 is 0. The normalized spacial score (nSPS) is 11.7. The fourth-order valence-corrected chi connectivity index (χ4v) is 4.25. The number of hydrogen-bond donors (Lipinski definition) is 0. The Balaban J connectivity index is 4.38. The molecule has 0 spiro atoms. The van der Waals surface area contributed by atoms with Gasteiger partial charge in [-0.1, -0.05) is 32.9 Å². The van der Waals surface area contributed by atoms with Crippen molar-refractivity contribution in [1.29, 1.82) is 0 Å². The van der Waals surface area contributed by atoms with Crippen molar-refractivity contribution in [3.8, 4) is 0 Å². The minimum absolute atomic E-state index is 0.0477. The molecule has 0 atom stereocenters. The van der Waals surface area contributed by atoms with Crippen molar-refractivity contribution >= 4 is 8.32 Å². The lowest BCUT2D eigenvalue weighted by Crippen LogP contribution is -2.38. The molecule has 0 heterocycles. The van der Waals surface area contributed by atoms with Crippen LogP contribution in [-0.4, -0.2) is 14.4 Å². The SMILES string of the molecule is C=CC(C=C)O[Si](CC)(CC)CC. The van der Waals surface area contributed by atoms with Gasteiger partial charge in [0.25, 0.3) is 0 Å². The van der Waals surface area contributed by atoms with Gasteiger partial charge in [0.2, 0.25) is 0 Å². The molecule has 0 amide bonds. The van der Waals surface area contributed by atoms with E-state index in [-0.39, 0.29) is 6.10 Å². The molecule has 1 nitrogen and oxygen atoms in total. The van der Waals surface area contributed by atoms with Crippen LogP contribution in [0.5, 0.6) is 0 Å². The molecule has 0 aliphatic heterocycles. The van der Waals surface area contributed by atoms with Gasteiger partial charge in [-0.15, -0.1) is 13.2 Å². The van der Waals surface area contributed by atoms with E-state index < -0.39 is 8.32 Å². The van der Waals surface area contributed by atoms with E-state index in [2.05, 4.69) is 33.9 Å². The first-order chi connectivity index (χ1) is 6.17. The summed E-state index contributed by atoms with van der Waals surface area (Å²) < 4.78 is 6.09. The Morgan fingerprint density at radius 2 is 1.46 bits per heavy atom. The van der Waals surface area contributed by atoms with Crippen molar-refractivity contribution in [2.45, 2.75) is 45.0 Å². The lowest BCUT2D eigenvalue weighted by Gasteiger charge is -2.30. The summed E-state index contributed by atoms with van der Waals surface area (Å²) in [4.78, 5) is 0. The summed E-state index contributed by atoms with van der Waals surface area (Å²) in [5, 5.41) is 0. The van der Waals surface area contributed by atoms with Crippen LogP contribution in [0.25, 0.3) is 0 Å². The molecule has 0 bridgehead atoms. The predicted octanol–water partition coefficient (Wildman–Crippen LogP) is 3.75. The van der Waals surface area contributed by atoms with Gasteiger partial charge < -0.3 is 4.43 Å². The minimum atomic E-state index is -1.46. The fraction of sp³-hybridized carbons (Fsp3) is 0.636. The van der Waals surface area contributed by atoms with Crippen LogP contribution < -0.4 is 0 Å². The maximum Gasteiger partial charge on any atom is 0.193 e. The van der Waals surface area contributed by atoms with Crippen molar-refractivity contribution in [2.75, 3.05) is 0 Å². The van der Waals surface area contributed by atoms with Crippen molar-refractivity contribution < 1.29 is 4.43 Å². The van der Waals surface area contributed by atoms with Gasteiger partial charge in [0, 0.05) is 0 Å². The Labute approximate surface area is 83.6 Å². The average molecular weight is 198 g/mol. The largest absolute Gasteiger partial charge is 0.407 e. The lowest BCUT2D eigenvalue weighted by molar-refractivity contribution is 0.278. The molecule has 0 fully saturated rings. The fourth-order valence-electron chi connectivity index (χ4n) is 1.48. The number of rotatable bonds is 7. The van der Waals surface area contributed by atoms with Gasteiger partial charge in [-0.05, 0) is 18.1 Å². The zero-order valence-electron chi connectivity index (χ0n) is 9.18. The van der Waals surface area contributed by atoms with Crippen LogP contribution in [0.1, 0.15) is 20.8 Å². The molecular formula is C11H22OSi. The Morgan fingerprint density at radius 3 is 1.69 bits per heavy atom. The van der Waals surface area contributed by atoms with E-state index in [1.54, 1.807) is 0 Å². The molecule has 0 aliphatic rings. The molecule has 2 heteroatoms. The number of hydrogen-bond acceptors (Lipinski definition) is 1. The quantitative estimate of drug-likeness (QED) is 0.447. The van der Waals surface area contributed by atoms with Crippen molar-refractivity contribution in [1.82, 2.24) is 0 Å². The summed E-state index contributed by atoms with van der Waals surface area (Å²) in [7, 11) is -1.46. The van der Waals surface area contributed by atoms with Crippen molar-refractivity contribution in [2.24, 2.45) is 0 Å². The van der Waals surface area contributed by atoms with E-state index in [0.29, 0.717) is 0 Å². The van der Waals surface area contributed by atoms with Gasteiger partial charge in [-0.3, -0.25) is 0 Å². The topological polar surface area (TPSA) is 9.23 Å². The molecule has 0 aromatic rings. The third kappa shape index (κ3) is 3.49. The highest BCUT2D eigenvalue weighted by molar-refractivity contribution is 6.73. The molecule has 0 saturated heterocycles. The Hall–Kier alpha value is -0.343. The van der Waals surface area contributed by atoms with Crippen LogP contribution in [0.15, 0.2) is 25.3 Å². The van der Waals surface area contributed by atoms with Crippen molar-refractivity contribution in [3.63, 3.8) is 0 Å². The van der Waals surface area contributed by atoms with E-state index in [0.717, 1.165) is 0 Å². The van der Waals surface area contributed by atoms with Crippen LogP contribution in [-0.2, 0) is 4.43 Å². The van der Waals surface area contributed by atoms with Crippen LogP contribution in [0, 0.1) is 0 Å². The summed E-state index contributed by atoms with van der Waals surface area (Å²) in [5.74, 6) is 0. The van der Waals surface area contributed by atoms with Crippen LogP contribution in [0.2, 0.25) is 18.1 Å². The second-order valence-corrected chi connectivity index (χ2v) is 8.02. The van der Waals surface area contributed by atoms with Gasteiger partial charge in [0.05, 0.1) is 6.10 Å². The second kappa shape index (κ2) is 6.16. The molecule has 0 aliphatic carbocycles. The zero-order valence-corrected chi connectivity index (χ0v) is 10.2. The predicted molar refractivity (Wildman–Crippen MR) is 62.5 cm³/mol. The Morgan fingerprint density at radius 1 is 1.08 bits per heavy atom. The molecule has 0 rings (SSSR count). The first kappa shape index (κ1) is 12.7. The van der Waals surface area contributed by atoms with Gasteiger partial charge in [0.15, 0.2) is 8.32 Å². The maximum absolute atomic E-state index is 6.09. The highest BCUT2D eigenvalue weighted by Crippen LogP contribution is 2.23. The lowest BCUT2D eigenvalue weighted by atomic mass is 10.4. The first-order valence-corrected chi connectivity index (χ1v) is 7.63. The van der Waals surface area contributed by atoms with Gasteiger partial charge in [-0.25, -0.2) is 0 Å². The third-order valence-electron chi connectivity index (χ3n) is 2.78. The van der Waals surface area contributed by atoms with Gasteiger partial charge in [0.1, 0.15) is 0 Å². The summed E-state index contributed by atoms with van der Waals surface area (Å²) in [6.07, 6.45) is 3.71. The maximum atomic E-state index is 6.09.